The highest BCUT2D eigenvalue weighted by Crippen LogP contribution is 2.44. The molecule has 1 fully saturated rings. The highest BCUT2D eigenvalue weighted by atomic mass is 16.5. The fourth-order valence-electron chi connectivity index (χ4n) is 3.42. The van der Waals surface area contributed by atoms with Crippen LogP contribution in [0.5, 0.6) is 11.5 Å². The van der Waals surface area contributed by atoms with Crippen molar-refractivity contribution in [1.29, 1.82) is 0 Å². The number of rotatable bonds is 3. The van der Waals surface area contributed by atoms with Crippen LogP contribution in [0.25, 0.3) is 0 Å². The minimum atomic E-state index is -0.0714. The molecule has 2 aliphatic heterocycles. The van der Waals surface area contributed by atoms with Gasteiger partial charge in [0, 0.05) is 31.1 Å². The van der Waals surface area contributed by atoms with E-state index < -0.39 is 0 Å². The van der Waals surface area contributed by atoms with Gasteiger partial charge in [-0.05, 0) is 51.4 Å². The highest BCUT2D eigenvalue weighted by Gasteiger charge is 2.41. The molecule has 3 rings (SSSR count). The molecule has 2 heterocycles. The van der Waals surface area contributed by atoms with Crippen molar-refractivity contribution in [1.82, 2.24) is 4.90 Å². The lowest BCUT2D eigenvalue weighted by Crippen LogP contribution is -2.50. The average molecular weight is 304 g/mol. The lowest BCUT2D eigenvalue weighted by Gasteiger charge is -2.45. The summed E-state index contributed by atoms with van der Waals surface area (Å²) in [7, 11) is 2.17. The molecule has 22 heavy (non-hydrogen) atoms. The molecule has 1 aromatic rings. The Labute approximate surface area is 133 Å². The Morgan fingerprint density at radius 1 is 1.41 bits per heavy atom. The van der Waals surface area contributed by atoms with E-state index in [0.29, 0.717) is 0 Å². The van der Waals surface area contributed by atoms with E-state index in [1.54, 1.807) is 0 Å². The van der Waals surface area contributed by atoms with Gasteiger partial charge in [-0.25, -0.2) is 0 Å². The second-order valence-corrected chi connectivity index (χ2v) is 6.94. The normalized spacial score (nSPS) is 25.4. The van der Waals surface area contributed by atoms with Gasteiger partial charge in [-0.15, -0.1) is 0 Å². The first-order valence-corrected chi connectivity index (χ1v) is 8.45. The number of nitrogens with zero attached hydrogens (tertiary/aromatic N) is 1. The van der Waals surface area contributed by atoms with Crippen molar-refractivity contribution >= 4 is 0 Å². The molecule has 0 bridgehead atoms. The molecule has 0 amide bonds. The highest BCUT2D eigenvalue weighted by molar-refractivity contribution is 5.44. The number of hydrogen-bond donors (Lipinski definition) is 1. The largest absolute Gasteiger partial charge is 0.491 e. The molecule has 4 nitrogen and oxygen atoms in total. The minimum absolute atomic E-state index is 0.0349. The summed E-state index contributed by atoms with van der Waals surface area (Å²) >= 11 is 0. The first-order chi connectivity index (χ1) is 10.5. The molecule has 0 saturated carbocycles. The molecule has 4 heteroatoms. The van der Waals surface area contributed by atoms with Crippen molar-refractivity contribution in [3.8, 4) is 11.5 Å². The lowest BCUT2D eigenvalue weighted by atomic mass is 9.81. The monoisotopic (exact) mass is 304 g/mol. The van der Waals surface area contributed by atoms with Crippen LogP contribution in [0.1, 0.15) is 51.1 Å². The summed E-state index contributed by atoms with van der Waals surface area (Å²) in [6.45, 7) is 6.37. The van der Waals surface area contributed by atoms with Crippen molar-refractivity contribution in [2.75, 3.05) is 20.1 Å². The van der Waals surface area contributed by atoms with Crippen LogP contribution in [0.15, 0.2) is 18.2 Å². The quantitative estimate of drug-likeness (QED) is 0.932. The molecule has 2 aliphatic rings. The minimum Gasteiger partial charge on any atom is -0.491 e. The van der Waals surface area contributed by atoms with Crippen LogP contribution in [0.2, 0.25) is 0 Å². The van der Waals surface area contributed by atoms with E-state index in [0.717, 1.165) is 55.8 Å². The third-order valence-electron chi connectivity index (χ3n) is 5.11. The smallest absolute Gasteiger partial charge is 0.125 e. The summed E-state index contributed by atoms with van der Waals surface area (Å²) in [4.78, 5) is 2.36. The average Bonchev–Trinajstić information content (AvgIpc) is 2.51. The van der Waals surface area contributed by atoms with E-state index in [9.17, 15) is 0 Å². The fraction of sp³-hybridized carbons (Fsp3) is 0.667. The van der Waals surface area contributed by atoms with Gasteiger partial charge in [0.1, 0.15) is 17.1 Å². The van der Waals surface area contributed by atoms with Crippen molar-refractivity contribution in [3.63, 3.8) is 0 Å². The van der Waals surface area contributed by atoms with E-state index >= 15 is 0 Å². The van der Waals surface area contributed by atoms with Crippen LogP contribution in [0.4, 0.5) is 0 Å². The summed E-state index contributed by atoms with van der Waals surface area (Å²) in [5, 5.41) is 0. The second kappa shape index (κ2) is 6.09. The van der Waals surface area contributed by atoms with Crippen molar-refractivity contribution in [2.45, 2.75) is 57.3 Å². The molecule has 0 aromatic heterocycles. The molecular weight excluding hydrogens is 276 g/mol. The van der Waals surface area contributed by atoms with Gasteiger partial charge in [0.15, 0.2) is 0 Å². The zero-order valence-corrected chi connectivity index (χ0v) is 14.0. The summed E-state index contributed by atoms with van der Waals surface area (Å²) < 4.78 is 12.3. The van der Waals surface area contributed by atoms with E-state index in [1.165, 1.54) is 0 Å². The molecule has 2 unspecified atom stereocenters. The predicted octanol–water partition coefficient (Wildman–Crippen LogP) is 3.11. The van der Waals surface area contributed by atoms with Gasteiger partial charge >= 0.3 is 0 Å². The van der Waals surface area contributed by atoms with Crippen LogP contribution in [0.3, 0.4) is 0 Å². The molecular formula is C18H28N2O2. The fourth-order valence-corrected chi connectivity index (χ4v) is 3.42. The lowest BCUT2D eigenvalue weighted by molar-refractivity contribution is -0.0165. The maximum Gasteiger partial charge on any atom is 0.125 e. The summed E-state index contributed by atoms with van der Waals surface area (Å²) in [5.41, 5.74) is 7.49. The standard InChI is InChI=1S/C18H28N2O2/c1-4-13(2)21-14-5-6-17-15(11-14)16(19)12-18(22-17)7-9-20(3)10-8-18/h5-6,11,13,16H,4,7-10,12,19H2,1-3H3. The number of nitrogens with two attached hydrogens (primary N) is 1. The molecule has 122 valence electrons. The Morgan fingerprint density at radius 2 is 2.14 bits per heavy atom. The SMILES string of the molecule is CCC(C)Oc1ccc2c(c1)C(N)CC1(CCN(C)CC1)O2. The molecule has 1 spiro atoms. The Bertz CT molecular complexity index is 524. The second-order valence-electron chi connectivity index (χ2n) is 6.94. The van der Waals surface area contributed by atoms with Gasteiger partial charge in [-0.1, -0.05) is 6.92 Å². The zero-order chi connectivity index (χ0) is 15.7. The molecule has 2 N–H and O–H groups in total. The first kappa shape index (κ1) is 15.6. The zero-order valence-electron chi connectivity index (χ0n) is 14.0. The van der Waals surface area contributed by atoms with Crippen LogP contribution < -0.4 is 15.2 Å². The number of benzene rings is 1. The number of piperidine rings is 1. The number of hydrogen-bond acceptors (Lipinski definition) is 4. The van der Waals surface area contributed by atoms with Crippen molar-refractivity contribution in [3.05, 3.63) is 23.8 Å². The summed E-state index contributed by atoms with van der Waals surface area (Å²) in [6.07, 6.45) is 4.24. The van der Waals surface area contributed by atoms with Crippen LogP contribution in [-0.2, 0) is 0 Å². The van der Waals surface area contributed by atoms with E-state index in [4.69, 9.17) is 15.2 Å². The van der Waals surface area contributed by atoms with Gasteiger partial charge in [-0.2, -0.15) is 0 Å². The maximum atomic E-state index is 6.47. The molecule has 0 aliphatic carbocycles. The summed E-state index contributed by atoms with van der Waals surface area (Å²) in [6, 6.07) is 6.14. The van der Waals surface area contributed by atoms with Gasteiger partial charge in [-0.3, -0.25) is 0 Å². The van der Waals surface area contributed by atoms with Gasteiger partial charge < -0.3 is 20.1 Å². The molecule has 2 atom stereocenters. The Morgan fingerprint density at radius 3 is 2.82 bits per heavy atom. The molecule has 1 saturated heterocycles. The maximum absolute atomic E-state index is 6.47. The summed E-state index contributed by atoms with van der Waals surface area (Å²) in [5.74, 6) is 1.84. The predicted molar refractivity (Wildman–Crippen MR) is 88.5 cm³/mol. The number of fused-ring (bicyclic) bond motifs is 1. The van der Waals surface area contributed by atoms with Gasteiger partial charge in [0.05, 0.1) is 6.10 Å². The Balaban J connectivity index is 1.79. The topological polar surface area (TPSA) is 47.7 Å². The van der Waals surface area contributed by atoms with Crippen LogP contribution in [-0.4, -0.2) is 36.7 Å². The first-order valence-electron chi connectivity index (χ1n) is 8.45. The van der Waals surface area contributed by atoms with Crippen LogP contribution in [0, 0.1) is 0 Å². The van der Waals surface area contributed by atoms with Gasteiger partial charge in [0.25, 0.3) is 0 Å². The van der Waals surface area contributed by atoms with E-state index in [-0.39, 0.29) is 17.7 Å². The van der Waals surface area contributed by atoms with Crippen LogP contribution >= 0.6 is 0 Å². The van der Waals surface area contributed by atoms with Crippen molar-refractivity contribution < 1.29 is 9.47 Å². The Hall–Kier alpha value is -1.26. The van der Waals surface area contributed by atoms with Crippen molar-refractivity contribution in [2.24, 2.45) is 5.73 Å². The van der Waals surface area contributed by atoms with E-state index in [2.05, 4.69) is 31.9 Å². The molecule has 0 radical (unpaired) electrons. The van der Waals surface area contributed by atoms with E-state index in [1.807, 2.05) is 12.1 Å². The number of ether oxygens (including phenoxy) is 2. The third kappa shape index (κ3) is 3.08. The van der Waals surface area contributed by atoms with Gasteiger partial charge in [0.2, 0.25) is 0 Å². The Kier molecular flexibility index (Phi) is 4.33. The molecule has 1 aromatic carbocycles. The third-order valence-corrected chi connectivity index (χ3v) is 5.11. The number of likely N-dealkylation sites (tertiary alicyclic amines) is 1.